The van der Waals surface area contributed by atoms with Crippen molar-refractivity contribution in [3.63, 3.8) is 0 Å². The molecule has 0 bridgehead atoms. The molecule has 1 heterocycles. The first-order valence-electron chi connectivity index (χ1n) is 7.79. The Morgan fingerprint density at radius 1 is 1.12 bits per heavy atom. The van der Waals surface area contributed by atoms with Crippen LogP contribution in [0.25, 0.3) is 0 Å². The second kappa shape index (κ2) is 5.43. The SMILES string of the molecule is NS(=O)(=O)c1ccc2c(c1)[C@H]1C=CC[C@H]1[C@@H](c1ccc(F)cc1)N2. The lowest BCUT2D eigenvalue weighted by atomic mass is 9.77. The zero-order valence-corrected chi connectivity index (χ0v) is 13.6. The normalized spacial score (nSPS) is 25.0. The van der Waals surface area contributed by atoms with E-state index in [0.29, 0.717) is 0 Å². The van der Waals surface area contributed by atoms with Crippen molar-refractivity contribution in [2.45, 2.75) is 23.3 Å². The maximum Gasteiger partial charge on any atom is 0.238 e. The number of allylic oxidation sites excluding steroid dienone is 2. The Balaban J connectivity index is 1.79. The molecule has 2 aliphatic rings. The fourth-order valence-electron chi connectivity index (χ4n) is 3.75. The summed E-state index contributed by atoms with van der Waals surface area (Å²) in [5.41, 5.74) is 2.86. The number of benzene rings is 2. The molecule has 6 heteroatoms. The van der Waals surface area contributed by atoms with Gasteiger partial charge in [0, 0.05) is 11.6 Å². The summed E-state index contributed by atoms with van der Waals surface area (Å²) in [6.45, 7) is 0. The molecule has 0 radical (unpaired) electrons. The molecule has 4 rings (SSSR count). The van der Waals surface area contributed by atoms with Crippen molar-refractivity contribution in [2.75, 3.05) is 5.32 Å². The summed E-state index contributed by atoms with van der Waals surface area (Å²) in [6.07, 6.45) is 5.12. The largest absolute Gasteiger partial charge is 0.378 e. The minimum absolute atomic E-state index is 0.0541. The molecule has 124 valence electrons. The summed E-state index contributed by atoms with van der Waals surface area (Å²) in [5.74, 6) is 0.130. The van der Waals surface area contributed by atoms with Crippen LogP contribution in [0, 0.1) is 11.7 Å². The van der Waals surface area contributed by atoms with Gasteiger partial charge in [-0.2, -0.15) is 0 Å². The predicted octanol–water partition coefficient (Wildman–Crippen LogP) is 3.30. The molecule has 0 spiro atoms. The number of primary sulfonamides is 1. The molecule has 3 N–H and O–H groups in total. The van der Waals surface area contributed by atoms with Crippen LogP contribution >= 0.6 is 0 Å². The summed E-state index contributed by atoms with van der Waals surface area (Å²) in [6, 6.07) is 11.5. The molecule has 0 saturated heterocycles. The number of halogens is 1. The Hall–Kier alpha value is -2.18. The lowest BCUT2D eigenvalue weighted by Crippen LogP contribution is -2.29. The zero-order valence-electron chi connectivity index (χ0n) is 12.8. The summed E-state index contributed by atoms with van der Waals surface area (Å²) >= 11 is 0. The van der Waals surface area contributed by atoms with E-state index >= 15 is 0 Å². The van der Waals surface area contributed by atoms with Crippen LogP contribution in [0.3, 0.4) is 0 Å². The minimum Gasteiger partial charge on any atom is -0.378 e. The minimum atomic E-state index is -3.73. The highest BCUT2D eigenvalue weighted by molar-refractivity contribution is 7.89. The van der Waals surface area contributed by atoms with E-state index in [9.17, 15) is 12.8 Å². The van der Waals surface area contributed by atoms with Crippen molar-refractivity contribution in [2.24, 2.45) is 11.1 Å². The fourth-order valence-corrected chi connectivity index (χ4v) is 4.30. The molecular formula is C18H17FN2O2S. The molecule has 1 aliphatic carbocycles. The number of nitrogens with two attached hydrogens (primary N) is 1. The van der Waals surface area contributed by atoms with Gasteiger partial charge in [-0.3, -0.25) is 0 Å². The maximum atomic E-state index is 13.2. The predicted molar refractivity (Wildman–Crippen MR) is 90.6 cm³/mol. The second-order valence-corrected chi connectivity index (χ2v) is 7.88. The summed E-state index contributed by atoms with van der Waals surface area (Å²) in [5, 5.41) is 8.74. The molecule has 0 fully saturated rings. The van der Waals surface area contributed by atoms with Crippen molar-refractivity contribution >= 4 is 15.7 Å². The van der Waals surface area contributed by atoms with Crippen molar-refractivity contribution in [3.8, 4) is 0 Å². The third-order valence-electron chi connectivity index (χ3n) is 4.89. The van der Waals surface area contributed by atoms with Gasteiger partial charge in [0.05, 0.1) is 10.9 Å². The third-order valence-corrected chi connectivity index (χ3v) is 5.80. The number of hydrogen-bond acceptors (Lipinski definition) is 3. The number of nitrogens with one attached hydrogen (secondary N) is 1. The number of sulfonamides is 1. The Morgan fingerprint density at radius 2 is 1.88 bits per heavy atom. The quantitative estimate of drug-likeness (QED) is 0.821. The Labute approximate surface area is 140 Å². The third kappa shape index (κ3) is 2.52. The van der Waals surface area contributed by atoms with Gasteiger partial charge in [-0.05, 0) is 53.8 Å². The summed E-state index contributed by atoms with van der Waals surface area (Å²) in [7, 11) is -3.73. The molecule has 4 nitrogen and oxygen atoms in total. The average Bonchev–Trinajstić information content (AvgIpc) is 3.03. The van der Waals surface area contributed by atoms with Gasteiger partial charge < -0.3 is 5.32 Å². The van der Waals surface area contributed by atoms with Crippen LogP contribution in [-0.2, 0) is 10.0 Å². The summed E-state index contributed by atoms with van der Waals surface area (Å²) in [4.78, 5) is 0.127. The lowest BCUT2D eigenvalue weighted by molar-refractivity contribution is 0.424. The molecule has 0 unspecified atom stereocenters. The van der Waals surface area contributed by atoms with Crippen molar-refractivity contribution in [3.05, 3.63) is 71.6 Å². The van der Waals surface area contributed by atoms with Gasteiger partial charge in [-0.15, -0.1) is 0 Å². The fraction of sp³-hybridized carbons (Fsp3) is 0.222. The molecule has 0 amide bonds. The maximum absolute atomic E-state index is 13.2. The molecule has 0 aromatic heterocycles. The molecule has 2 aromatic rings. The zero-order chi connectivity index (χ0) is 16.9. The van der Waals surface area contributed by atoms with Gasteiger partial charge in [0.2, 0.25) is 10.0 Å². The molecular weight excluding hydrogens is 327 g/mol. The van der Waals surface area contributed by atoms with E-state index in [1.807, 2.05) is 0 Å². The Morgan fingerprint density at radius 3 is 2.58 bits per heavy atom. The number of fused-ring (bicyclic) bond motifs is 3. The smallest absolute Gasteiger partial charge is 0.238 e. The Bertz CT molecular complexity index is 923. The Kier molecular flexibility index (Phi) is 3.47. The van der Waals surface area contributed by atoms with E-state index < -0.39 is 10.0 Å². The number of hydrogen-bond donors (Lipinski definition) is 2. The first-order chi connectivity index (χ1) is 11.4. The van der Waals surface area contributed by atoms with Crippen LogP contribution in [0.5, 0.6) is 0 Å². The topological polar surface area (TPSA) is 72.2 Å². The van der Waals surface area contributed by atoms with Crippen LogP contribution in [0.2, 0.25) is 0 Å². The number of rotatable bonds is 2. The van der Waals surface area contributed by atoms with Gasteiger partial charge in [0.15, 0.2) is 0 Å². The van der Waals surface area contributed by atoms with Crippen LogP contribution in [-0.4, -0.2) is 8.42 Å². The molecule has 1 aliphatic heterocycles. The van der Waals surface area contributed by atoms with E-state index in [1.165, 1.54) is 18.2 Å². The first-order valence-corrected chi connectivity index (χ1v) is 9.33. The molecule has 0 saturated carbocycles. The van der Waals surface area contributed by atoms with Crippen molar-refractivity contribution in [1.29, 1.82) is 0 Å². The summed E-state index contributed by atoms with van der Waals surface area (Å²) < 4.78 is 36.5. The lowest BCUT2D eigenvalue weighted by Gasteiger charge is -2.37. The van der Waals surface area contributed by atoms with E-state index in [0.717, 1.165) is 23.2 Å². The standard InChI is InChI=1S/C18H17FN2O2S/c19-12-6-4-11(5-7-12)18-15-3-1-2-14(15)16-10-13(24(20,22)23)8-9-17(16)21-18/h1-2,4-10,14-15,18,21H,3H2,(H2,20,22,23)/t14-,15+,18+/m0/s1. The van der Waals surface area contributed by atoms with Crippen LogP contribution in [0.4, 0.5) is 10.1 Å². The average molecular weight is 344 g/mol. The van der Waals surface area contributed by atoms with E-state index in [4.69, 9.17) is 5.14 Å². The van der Waals surface area contributed by atoms with Crippen LogP contribution in [0.1, 0.15) is 29.5 Å². The van der Waals surface area contributed by atoms with Crippen molar-refractivity contribution in [1.82, 2.24) is 0 Å². The highest BCUT2D eigenvalue weighted by Crippen LogP contribution is 2.50. The highest BCUT2D eigenvalue weighted by atomic mass is 32.2. The molecule has 2 aromatic carbocycles. The monoisotopic (exact) mass is 344 g/mol. The van der Waals surface area contributed by atoms with Crippen LogP contribution < -0.4 is 10.5 Å². The second-order valence-electron chi connectivity index (χ2n) is 6.32. The van der Waals surface area contributed by atoms with Crippen molar-refractivity contribution < 1.29 is 12.8 Å². The van der Waals surface area contributed by atoms with Crippen LogP contribution in [0.15, 0.2) is 59.5 Å². The van der Waals surface area contributed by atoms with Gasteiger partial charge in [0.25, 0.3) is 0 Å². The molecule has 24 heavy (non-hydrogen) atoms. The van der Waals surface area contributed by atoms with Gasteiger partial charge in [-0.1, -0.05) is 24.3 Å². The number of anilines is 1. The molecule has 3 atom stereocenters. The van der Waals surface area contributed by atoms with Gasteiger partial charge in [0.1, 0.15) is 5.82 Å². The highest BCUT2D eigenvalue weighted by Gasteiger charge is 2.38. The van der Waals surface area contributed by atoms with Gasteiger partial charge in [-0.25, -0.2) is 17.9 Å². The van der Waals surface area contributed by atoms with Gasteiger partial charge >= 0.3 is 0 Å². The van der Waals surface area contributed by atoms with E-state index in [2.05, 4.69) is 17.5 Å². The first kappa shape index (κ1) is 15.4. The van der Waals surface area contributed by atoms with E-state index in [1.54, 1.807) is 24.3 Å². The van der Waals surface area contributed by atoms with E-state index in [-0.39, 0.29) is 28.6 Å².